The van der Waals surface area contributed by atoms with Gasteiger partial charge in [0, 0.05) is 6.42 Å². The average molecular weight is 856 g/mol. The lowest BCUT2D eigenvalue weighted by Gasteiger charge is -2.07. The van der Waals surface area contributed by atoms with Gasteiger partial charge < -0.3 is 4.74 Å². The van der Waals surface area contributed by atoms with Crippen LogP contribution in [0, 0.1) is 5.92 Å². The van der Waals surface area contributed by atoms with Crippen molar-refractivity contribution in [2.75, 3.05) is 6.61 Å². The lowest BCUT2D eigenvalue weighted by molar-refractivity contribution is -0.143. The van der Waals surface area contributed by atoms with Crippen molar-refractivity contribution < 1.29 is 9.53 Å². The molecular formula is C59H114O2. The first kappa shape index (κ1) is 60.0. The first-order valence-corrected chi connectivity index (χ1v) is 28.7. The lowest BCUT2D eigenvalue weighted by atomic mass is 9.99. The molecule has 0 radical (unpaired) electrons. The minimum absolute atomic E-state index is 0.0159. The maximum absolute atomic E-state index is 12.0. The molecule has 362 valence electrons. The van der Waals surface area contributed by atoms with E-state index in [2.05, 4.69) is 45.1 Å². The van der Waals surface area contributed by atoms with Gasteiger partial charge in [-0.2, -0.15) is 0 Å². The van der Waals surface area contributed by atoms with Gasteiger partial charge in [-0.1, -0.05) is 308 Å². The van der Waals surface area contributed by atoms with E-state index >= 15 is 0 Å². The van der Waals surface area contributed by atoms with Crippen LogP contribution in [0.1, 0.15) is 335 Å². The molecule has 0 aromatic carbocycles. The fourth-order valence-corrected chi connectivity index (χ4v) is 8.97. The van der Waals surface area contributed by atoms with Crippen LogP contribution in [0.5, 0.6) is 0 Å². The number of hydrogen-bond donors (Lipinski definition) is 0. The van der Waals surface area contributed by atoms with Crippen molar-refractivity contribution in [1.82, 2.24) is 0 Å². The van der Waals surface area contributed by atoms with Crippen molar-refractivity contribution in [3.05, 3.63) is 24.3 Å². The first-order chi connectivity index (χ1) is 30.2. The Kier molecular flexibility index (Phi) is 54.1. The van der Waals surface area contributed by atoms with Gasteiger partial charge in [0.15, 0.2) is 0 Å². The summed E-state index contributed by atoms with van der Waals surface area (Å²) in [7, 11) is 0. The third-order valence-corrected chi connectivity index (χ3v) is 13.6. The van der Waals surface area contributed by atoms with E-state index in [4.69, 9.17) is 4.74 Å². The van der Waals surface area contributed by atoms with E-state index in [1.54, 1.807) is 0 Å². The Balaban J connectivity index is 3.16. The zero-order valence-electron chi connectivity index (χ0n) is 42.6. The molecule has 0 N–H and O–H groups in total. The number of allylic oxidation sites excluding steroid dienone is 4. The monoisotopic (exact) mass is 855 g/mol. The van der Waals surface area contributed by atoms with E-state index in [9.17, 15) is 4.79 Å². The highest BCUT2D eigenvalue weighted by Crippen LogP contribution is 2.19. The maximum Gasteiger partial charge on any atom is 0.305 e. The number of carbonyl (C=O) groups is 1. The van der Waals surface area contributed by atoms with Crippen molar-refractivity contribution in [2.24, 2.45) is 5.92 Å². The highest BCUT2D eigenvalue weighted by molar-refractivity contribution is 5.69. The molecule has 0 aliphatic carbocycles. The molecule has 0 aromatic heterocycles. The van der Waals surface area contributed by atoms with Gasteiger partial charge in [0.2, 0.25) is 0 Å². The van der Waals surface area contributed by atoms with Gasteiger partial charge in [0.25, 0.3) is 0 Å². The van der Waals surface area contributed by atoms with Crippen molar-refractivity contribution >= 4 is 5.97 Å². The molecule has 0 fully saturated rings. The van der Waals surface area contributed by atoms with E-state index in [-0.39, 0.29) is 5.97 Å². The molecule has 0 aromatic rings. The van der Waals surface area contributed by atoms with Gasteiger partial charge >= 0.3 is 5.97 Å². The second-order valence-electron chi connectivity index (χ2n) is 19.9. The van der Waals surface area contributed by atoms with Crippen LogP contribution in [-0.2, 0) is 9.53 Å². The molecule has 1 unspecified atom stereocenters. The Morgan fingerprint density at radius 1 is 0.361 bits per heavy atom. The summed E-state index contributed by atoms with van der Waals surface area (Å²) >= 11 is 0. The fraction of sp³-hybridized carbons (Fsp3) is 0.915. The Morgan fingerprint density at radius 2 is 0.656 bits per heavy atom. The Morgan fingerprint density at radius 3 is 1.00 bits per heavy atom. The van der Waals surface area contributed by atoms with E-state index in [0.717, 1.165) is 31.6 Å². The van der Waals surface area contributed by atoms with Crippen LogP contribution in [0.4, 0.5) is 0 Å². The Labute approximate surface area is 386 Å². The summed E-state index contributed by atoms with van der Waals surface area (Å²) in [5.41, 5.74) is 0. The average Bonchev–Trinajstić information content (AvgIpc) is 3.27. The van der Waals surface area contributed by atoms with Gasteiger partial charge in [0.1, 0.15) is 0 Å². The topological polar surface area (TPSA) is 26.3 Å². The minimum Gasteiger partial charge on any atom is -0.466 e. The van der Waals surface area contributed by atoms with Crippen LogP contribution in [-0.4, -0.2) is 12.6 Å². The van der Waals surface area contributed by atoms with Gasteiger partial charge in [-0.05, 0) is 50.9 Å². The predicted molar refractivity (Wildman–Crippen MR) is 276 cm³/mol. The second kappa shape index (κ2) is 55.1. The standard InChI is InChI=1S/C59H114O2/c1-4-6-7-8-9-10-11-12-34-38-41-44-47-50-53-56-59(60)61-57-54-51-48-45-42-39-36-33-31-29-27-25-23-21-19-17-15-13-14-16-18-20-22-24-26-28-30-32-35-37-40-43-46-49-52-55-58(3)5-2/h9-10,12,34,58H,4-8,11,13-33,35-57H2,1-3H3/b10-9-,34-12-. The summed E-state index contributed by atoms with van der Waals surface area (Å²) in [5, 5.41) is 0. The van der Waals surface area contributed by atoms with Gasteiger partial charge in [0.05, 0.1) is 6.61 Å². The van der Waals surface area contributed by atoms with Crippen LogP contribution < -0.4 is 0 Å². The number of esters is 1. The number of ether oxygens (including phenoxy) is 1. The molecule has 0 saturated heterocycles. The SMILES string of the molecule is CCCCC/C=C\C/C=C\CCCCCCCC(=O)OCCCCCCCCCCCCCCCCCCCCCCCCCCCCCCCCCCCCCC(C)CC. The minimum atomic E-state index is 0.0159. The summed E-state index contributed by atoms with van der Waals surface area (Å²) in [4.78, 5) is 12.0. The number of hydrogen-bond acceptors (Lipinski definition) is 2. The summed E-state index contributed by atoms with van der Waals surface area (Å²) in [5.74, 6) is 0.956. The van der Waals surface area contributed by atoms with Crippen LogP contribution in [0.3, 0.4) is 0 Å². The third-order valence-electron chi connectivity index (χ3n) is 13.6. The maximum atomic E-state index is 12.0. The van der Waals surface area contributed by atoms with Gasteiger partial charge in [-0.15, -0.1) is 0 Å². The molecule has 0 saturated carbocycles. The van der Waals surface area contributed by atoms with E-state index in [1.807, 2.05) is 0 Å². The molecule has 0 bridgehead atoms. The van der Waals surface area contributed by atoms with E-state index in [0.29, 0.717) is 13.0 Å². The highest BCUT2D eigenvalue weighted by atomic mass is 16.5. The van der Waals surface area contributed by atoms with Crippen molar-refractivity contribution in [3.63, 3.8) is 0 Å². The normalized spacial score (nSPS) is 12.4. The molecule has 0 aliphatic rings. The number of rotatable bonds is 53. The van der Waals surface area contributed by atoms with E-state index < -0.39 is 0 Å². The largest absolute Gasteiger partial charge is 0.466 e. The zero-order valence-corrected chi connectivity index (χ0v) is 42.6. The molecule has 2 heteroatoms. The summed E-state index contributed by atoms with van der Waals surface area (Å²) < 4.78 is 5.48. The first-order valence-electron chi connectivity index (χ1n) is 28.7. The molecule has 0 rings (SSSR count). The Hall–Kier alpha value is -1.05. The molecule has 0 heterocycles. The third kappa shape index (κ3) is 55.0. The van der Waals surface area contributed by atoms with Crippen molar-refractivity contribution in [1.29, 1.82) is 0 Å². The van der Waals surface area contributed by atoms with Crippen LogP contribution >= 0.6 is 0 Å². The summed E-state index contributed by atoms with van der Waals surface area (Å²) in [6.07, 6.45) is 76.4. The molecule has 1 atom stereocenters. The van der Waals surface area contributed by atoms with Crippen molar-refractivity contribution in [2.45, 2.75) is 335 Å². The van der Waals surface area contributed by atoms with E-state index in [1.165, 1.54) is 283 Å². The quantitative estimate of drug-likeness (QED) is 0.0346. The summed E-state index contributed by atoms with van der Waals surface area (Å²) in [6, 6.07) is 0. The van der Waals surface area contributed by atoms with Crippen LogP contribution in [0.2, 0.25) is 0 Å². The zero-order chi connectivity index (χ0) is 44.0. The van der Waals surface area contributed by atoms with Gasteiger partial charge in [-0.3, -0.25) is 4.79 Å². The lowest BCUT2D eigenvalue weighted by Crippen LogP contribution is -2.05. The molecule has 61 heavy (non-hydrogen) atoms. The molecule has 0 amide bonds. The fourth-order valence-electron chi connectivity index (χ4n) is 8.97. The second-order valence-corrected chi connectivity index (χ2v) is 19.9. The molecule has 0 spiro atoms. The summed E-state index contributed by atoms with van der Waals surface area (Å²) in [6.45, 7) is 7.62. The predicted octanol–water partition coefficient (Wildman–Crippen LogP) is 21.4. The molecular weight excluding hydrogens is 741 g/mol. The van der Waals surface area contributed by atoms with Crippen LogP contribution in [0.15, 0.2) is 24.3 Å². The van der Waals surface area contributed by atoms with Crippen LogP contribution in [0.25, 0.3) is 0 Å². The Bertz CT molecular complexity index is 859. The number of unbranched alkanes of at least 4 members (excludes halogenated alkanes) is 42. The molecule has 2 nitrogen and oxygen atoms in total. The van der Waals surface area contributed by atoms with Crippen molar-refractivity contribution in [3.8, 4) is 0 Å². The highest BCUT2D eigenvalue weighted by Gasteiger charge is 2.03. The smallest absolute Gasteiger partial charge is 0.305 e. The number of carbonyl (C=O) groups excluding carboxylic acids is 1. The molecule has 0 aliphatic heterocycles. The van der Waals surface area contributed by atoms with Gasteiger partial charge in [-0.25, -0.2) is 0 Å².